The number of alkyl halides is 3. The van der Waals surface area contributed by atoms with Gasteiger partial charge in [0.1, 0.15) is 5.82 Å². The van der Waals surface area contributed by atoms with Gasteiger partial charge in [0.05, 0.1) is 5.56 Å². The maximum absolute atomic E-state index is 13.0. The fraction of sp³-hybridized carbons (Fsp3) is 0.188. The van der Waals surface area contributed by atoms with Gasteiger partial charge in [-0.3, -0.25) is 4.79 Å². The third-order valence-corrected chi connectivity index (χ3v) is 3.00. The molecule has 0 unspecified atom stereocenters. The van der Waals surface area contributed by atoms with Gasteiger partial charge in [0.2, 0.25) is 5.91 Å². The first kappa shape index (κ1) is 16.8. The van der Waals surface area contributed by atoms with Crippen LogP contribution >= 0.6 is 0 Å². The summed E-state index contributed by atoms with van der Waals surface area (Å²) in [6.45, 7) is 0.243. The fourth-order valence-corrected chi connectivity index (χ4v) is 1.89. The van der Waals surface area contributed by atoms with Crippen LogP contribution in [0, 0.1) is 5.82 Å². The molecule has 23 heavy (non-hydrogen) atoms. The number of carbonyl (C=O) groups is 1. The first-order valence-electron chi connectivity index (χ1n) is 6.81. The van der Waals surface area contributed by atoms with E-state index in [2.05, 4.69) is 10.6 Å². The average Bonchev–Trinajstić information content (AvgIpc) is 2.47. The number of anilines is 2. The van der Waals surface area contributed by atoms with Gasteiger partial charge in [0.25, 0.3) is 0 Å². The highest BCUT2D eigenvalue weighted by molar-refractivity contribution is 5.90. The molecule has 0 fully saturated rings. The summed E-state index contributed by atoms with van der Waals surface area (Å²) in [5.41, 5.74) is 0.105. The molecule has 0 heterocycles. The van der Waals surface area contributed by atoms with Gasteiger partial charge in [0.15, 0.2) is 0 Å². The van der Waals surface area contributed by atoms with Gasteiger partial charge in [0, 0.05) is 24.3 Å². The van der Waals surface area contributed by atoms with Gasteiger partial charge in [-0.1, -0.05) is 6.07 Å². The van der Waals surface area contributed by atoms with Gasteiger partial charge in [-0.15, -0.1) is 0 Å². The second-order valence-corrected chi connectivity index (χ2v) is 4.81. The minimum atomic E-state index is -4.37. The maximum atomic E-state index is 13.0. The lowest BCUT2D eigenvalue weighted by Gasteiger charge is -2.10. The highest BCUT2D eigenvalue weighted by Gasteiger charge is 2.29. The summed E-state index contributed by atoms with van der Waals surface area (Å²) in [4.78, 5) is 11.7. The standard InChI is InChI=1S/C16H14F4N2O/c17-12-2-1-3-14(10-12)22-15(23)8-9-21-13-6-4-11(5-7-13)16(18,19)20/h1-7,10,21H,8-9H2,(H,22,23). The van der Waals surface area contributed by atoms with E-state index in [0.717, 1.165) is 12.1 Å². The summed E-state index contributed by atoms with van der Waals surface area (Å²) in [5, 5.41) is 5.38. The van der Waals surface area contributed by atoms with Crippen LogP contribution in [0.5, 0.6) is 0 Å². The van der Waals surface area contributed by atoms with Crippen LogP contribution in [0.2, 0.25) is 0 Å². The van der Waals surface area contributed by atoms with Crippen molar-refractivity contribution in [2.45, 2.75) is 12.6 Å². The van der Waals surface area contributed by atoms with Crippen LogP contribution in [0.1, 0.15) is 12.0 Å². The van der Waals surface area contributed by atoms with Gasteiger partial charge in [-0.25, -0.2) is 4.39 Å². The van der Waals surface area contributed by atoms with Crippen molar-refractivity contribution in [2.75, 3.05) is 17.2 Å². The second-order valence-electron chi connectivity index (χ2n) is 4.81. The Morgan fingerprint density at radius 2 is 1.70 bits per heavy atom. The third kappa shape index (κ3) is 5.28. The van der Waals surface area contributed by atoms with Gasteiger partial charge < -0.3 is 10.6 Å². The van der Waals surface area contributed by atoms with E-state index in [4.69, 9.17) is 0 Å². The second kappa shape index (κ2) is 7.13. The van der Waals surface area contributed by atoms with Crippen LogP contribution in [0.15, 0.2) is 48.5 Å². The van der Waals surface area contributed by atoms with E-state index >= 15 is 0 Å². The lowest BCUT2D eigenvalue weighted by Crippen LogP contribution is -2.16. The summed E-state index contributed by atoms with van der Waals surface area (Å²) in [5.74, 6) is -0.777. The molecular formula is C16H14F4N2O. The van der Waals surface area contributed by atoms with Crippen molar-refractivity contribution < 1.29 is 22.4 Å². The molecule has 122 valence electrons. The number of halogens is 4. The van der Waals surface area contributed by atoms with Crippen LogP contribution in [-0.2, 0) is 11.0 Å². The third-order valence-electron chi connectivity index (χ3n) is 3.00. The highest BCUT2D eigenvalue weighted by atomic mass is 19.4. The predicted molar refractivity (Wildman–Crippen MR) is 79.6 cm³/mol. The summed E-state index contributed by atoms with van der Waals surface area (Å²) >= 11 is 0. The number of hydrogen-bond donors (Lipinski definition) is 2. The Hall–Kier alpha value is -2.57. The van der Waals surface area contributed by atoms with E-state index in [1.807, 2.05) is 0 Å². The van der Waals surface area contributed by atoms with Crippen molar-refractivity contribution in [3.05, 3.63) is 59.9 Å². The predicted octanol–water partition coefficient (Wildman–Crippen LogP) is 4.29. The molecule has 0 aromatic heterocycles. The fourth-order valence-electron chi connectivity index (χ4n) is 1.89. The van der Waals surface area contributed by atoms with Crippen molar-refractivity contribution in [1.82, 2.24) is 0 Å². The van der Waals surface area contributed by atoms with Crippen LogP contribution < -0.4 is 10.6 Å². The molecule has 0 aliphatic carbocycles. The van der Waals surface area contributed by atoms with E-state index < -0.39 is 17.6 Å². The Morgan fingerprint density at radius 1 is 1.00 bits per heavy atom. The normalized spacial score (nSPS) is 11.1. The summed E-state index contributed by atoms with van der Waals surface area (Å²) in [7, 11) is 0. The number of benzene rings is 2. The number of rotatable bonds is 5. The SMILES string of the molecule is O=C(CCNc1ccc(C(F)(F)F)cc1)Nc1cccc(F)c1. The quantitative estimate of drug-likeness (QED) is 0.805. The van der Waals surface area contributed by atoms with Crippen molar-refractivity contribution in [2.24, 2.45) is 0 Å². The molecule has 0 saturated heterocycles. The first-order valence-corrected chi connectivity index (χ1v) is 6.81. The Bertz CT molecular complexity index is 669. The zero-order valence-electron chi connectivity index (χ0n) is 12.0. The van der Waals surface area contributed by atoms with E-state index in [1.54, 1.807) is 6.07 Å². The van der Waals surface area contributed by atoms with Crippen LogP contribution in [-0.4, -0.2) is 12.5 Å². The first-order chi connectivity index (χ1) is 10.8. The molecule has 2 rings (SSSR count). The van der Waals surface area contributed by atoms with Gasteiger partial charge >= 0.3 is 6.18 Å². The minimum Gasteiger partial charge on any atom is -0.385 e. The van der Waals surface area contributed by atoms with Crippen LogP contribution in [0.4, 0.5) is 28.9 Å². The molecule has 2 N–H and O–H groups in total. The lowest BCUT2D eigenvalue weighted by atomic mass is 10.2. The van der Waals surface area contributed by atoms with E-state index in [9.17, 15) is 22.4 Å². The molecule has 0 aliphatic rings. The van der Waals surface area contributed by atoms with Crippen molar-refractivity contribution in [1.29, 1.82) is 0 Å². The Balaban J connectivity index is 1.79. The smallest absolute Gasteiger partial charge is 0.385 e. The number of amides is 1. The molecule has 2 aromatic rings. The molecule has 7 heteroatoms. The van der Waals surface area contributed by atoms with Gasteiger partial charge in [-0.2, -0.15) is 13.2 Å². The highest BCUT2D eigenvalue weighted by Crippen LogP contribution is 2.29. The van der Waals surface area contributed by atoms with Gasteiger partial charge in [-0.05, 0) is 42.5 Å². The number of nitrogens with one attached hydrogen (secondary N) is 2. The molecule has 0 atom stereocenters. The topological polar surface area (TPSA) is 41.1 Å². The van der Waals surface area contributed by atoms with Crippen LogP contribution in [0.3, 0.4) is 0 Å². The van der Waals surface area contributed by atoms with Crippen molar-refractivity contribution >= 4 is 17.3 Å². The Labute approximate surface area is 130 Å². The van der Waals surface area contributed by atoms with Crippen LogP contribution in [0.25, 0.3) is 0 Å². The summed E-state index contributed by atoms with van der Waals surface area (Å²) < 4.78 is 50.2. The molecule has 0 radical (unpaired) electrons. The lowest BCUT2D eigenvalue weighted by molar-refractivity contribution is -0.137. The van der Waals surface area contributed by atoms with E-state index in [1.165, 1.54) is 30.3 Å². The number of hydrogen-bond acceptors (Lipinski definition) is 2. The molecular weight excluding hydrogens is 312 g/mol. The Morgan fingerprint density at radius 3 is 2.30 bits per heavy atom. The molecule has 1 amide bonds. The molecule has 2 aromatic carbocycles. The molecule has 0 aliphatic heterocycles. The summed E-state index contributed by atoms with van der Waals surface area (Å²) in [6, 6.07) is 10.0. The summed E-state index contributed by atoms with van der Waals surface area (Å²) in [6.07, 6.45) is -4.28. The zero-order valence-corrected chi connectivity index (χ0v) is 12.0. The van der Waals surface area contributed by atoms with Crippen molar-refractivity contribution in [3.63, 3.8) is 0 Å². The largest absolute Gasteiger partial charge is 0.416 e. The minimum absolute atomic E-state index is 0.0948. The number of carbonyl (C=O) groups excluding carboxylic acids is 1. The zero-order chi connectivity index (χ0) is 16.9. The molecule has 3 nitrogen and oxygen atoms in total. The Kier molecular flexibility index (Phi) is 5.20. The monoisotopic (exact) mass is 326 g/mol. The molecule has 0 bridgehead atoms. The molecule has 0 spiro atoms. The van der Waals surface area contributed by atoms with E-state index in [-0.39, 0.29) is 18.9 Å². The average molecular weight is 326 g/mol. The maximum Gasteiger partial charge on any atom is 0.416 e. The van der Waals surface area contributed by atoms with E-state index in [0.29, 0.717) is 11.4 Å². The molecule has 0 saturated carbocycles. The van der Waals surface area contributed by atoms with Crippen molar-refractivity contribution in [3.8, 4) is 0 Å².